The number of carbonyl (C=O) groups excluding carboxylic acids is 6. The molecule has 1 aliphatic heterocycles. The number of guanidine groups is 1. The highest BCUT2D eigenvalue weighted by atomic mass is 16.3. The number of nitrogens with zero attached hydrogens (tertiary/aromatic N) is 3. The van der Waals surface area contributed by atoms with Gasteiger partial charge in [0.1, 0.15) is 36.0 Å². The molecular weight excluding hydrogens is 939 g/mol. The SMILES string of the molecule is Cc1cc(O)cc(C)c1C[C@H](N)C(=O)N[C@H](CCCN=C(N)N)C(=O)N[C@@H](Cc1ccccc1)C(=O)N(C)[C@H](C)C(=O)N[C@@H](CCCN1CCC(Cc2ccccc2)CC1)C(=O)N[C@@H](Cc1ccccc1)C(N)=O. The Morgan fingerprint density at radius 3 is 1.66 bits per heavy atom. The van der Waals surface area contributed by atoms with Crippen molar-refractivity contribution in [3.63, 3.8) is 0 Å². The molecule has 4 aromatic carbocycles. The van der Waals surface area contributed by atoms with Crippen LogP contribution >= 0.6 is 0 Å². The van der Waals surface area contributed by atoms with Gasteiger partial charge >= 0.3 is 0 Å². The van der Waals surface area contributed by atoms with Crippen LogP contribution in [0.1, 0.15) is 78.8 Å². The lowest BCUT2D eigenvalue weighted by Gasteiger charge is -2.33. The largest absolute Gasteiger partial charge is 0.508 e. The number of amides is 6. The molecule has 4 aromatic rings. The van der Waals surface area contributed by atoms with E-state index in [0.717, 1.165) is 54.6 Å². The fourth-order valence-electron chi connectivity index (χ4n) is 9.38. The van der Waals surface area contributed by atoms with Gasteiger partial charge in [0.25, 0.3) is 0 Å². The monoisotopic (exact) mass is 1020 g/mol. The Morgan fingerprint density at radius 2 is 1.14 bits per heavy atom. The number of carbonyl (C=O) groups is 6. The van der Waals surface area contributed by atoms with E-state index in [2.05, 4.69) is 55.4 Å². The molecule has 1 fully saturated rings. The zero-order valence-corrected chi connectivity index (χ0v) is 43.3. The molecule has 0 radical (unpaired) electrons. The van der Waals surface area contributed by atoms with Gasteiger partial charge < -0.3 is 59.1 Å². The number of phenols is 1. The second-order valence-corrected chi connectivity index (χ2v) is 19.6. The molecule has 18 heteroatoms. The Labute approximate surface area is 435 Å². The predicted molar refractivity (Wildman–Crippen MR) is 287 cm³/mol. The Hall–Kier alpha value is -7.31. The molecule has 0 unspecified atom stereocenters. The molecule has 74 heavy (non-hydrogen) atoms. The summed E-state index contributed by atoms with van der Waals surface area (Å²) in [6.45, 7) is 7.80. The van der Waals surface area contributed by atoms with E-state index >= 15 is 0 Å². The number of hydrogen-bond donors (Lipinski definition) is 9. The van der Waals surface area contributed by atoms with E-state index in [4.69, 9.17) is 22.9 Å². The highest BCUT2D eigenvalue weighted by molar-refractivity contribution is 5.96. The summed E-state index contributed by atoms with van der Waals surface area (Å²) in [5, 5.41) is 21.3. The maximum absolute atomic E-state index is 14.6. The number of nitrogens with one attached hydrogen (secondary N) is 4. The van der Waals surface area contributed by atoms with Gasteiger partial charge in [-0.25, -0.2) is 0 Å². The van der Waals surface area contributed by atoms with Crippen molar-refractivity contribution in [3.05, 3.63) is 137 Å². The van der Waals surface area contributed by atoms with Crippen LogP contribution in [0.3, 0.4) is 0 Å². The van der Waals surface area contributed by atoms with E-state index < -0.39 is 71.7 Å². The van der Waals surface area contributed by atoms with Crippen LogP contribution in [0.2, 0.25) is 0 Å². The number of phenolic OH excluding ortho intramolecular Hbond substituents is 1. The number of aliphatic imine (C=N–C) groups is 1. The molecule has 0 saturated carbocycles. The third-order valence-electron chi connectivity index (χ3n) is 13.8. The number of aryl methyl sites for hydroxylation is 2. The van der Waals surface area contributed by atoms with Gasteiger partial charge in [-0.1, -0.05) is 91.0 Å². The van der Waals surface area contributed by atoms with E-state index in [0.29, 0.717) is 24.4 Å². The van der Waals surface area contributed by atoms with Gasteiger partial charge in [-0.05, 0) is 143 Å². The van der Waals surface area contributed by atoms with Crippen LogP contribution in [0.25, 0.3) is 0 Å². The topological polar surface area (TPSA) is 294 Å². The highest BCUT2D eigenvalue weighted by Gasteiger charge is 2.35. The zero-order valence-electron chi connectivity index (χ0n) is 43.3. The molecular formula is C56H77N11O7. The first-order valence-electron chi connectivity index (χ1n) is 25.6. The maximum Gasteiger partial charge on any atom is 0.245 e. The number of piperidine rings is 1. The van der Waals surface area contributed by atoms with E-state index in [1.54, 1.807) is 50.2 Å². The van der Waals surface area contributed by atoms with Crippen LogP contribution in [0.4, 0.5) is 0 Å². The van der Waals surface area contributed by atoms with Gasteiger partial charge in [0.05, 0.1) is 6.04 Å². The summed E-state index contributed by atoms with van der Waals surface area (Å²) < 4.78 is 0. The van der Waals surface area contributed by atoms with Gasteiger partial charge in [0, 0.05) is 26.4 Å². The van der Waals surface area contributed by atoms with Crippen LogP contribution in [-0.2, 0) is 54.5 Å². The van der Waals surface area contributed by atoms with E-state index in [9.17, 15) is 33.9 Å². The Morgan fingerprint density at radius 1 is 0.662 bits per heavy atom. The molecule has 6 atom stereocenters. The normalized spacial score (nSPS) is 15.3. The Bertz CT molecular complexity index is 2480. The second kappa shape index (κ2) is 28.8. The lowest BCUT2D eigenvalue weighted by atomic mass is 9.90. The molecule has 0 bridgehead atoms. The van der Waals surface area contributed by atoms with Crippen LogP contribution in [0, 0.1) is 19.8 Å². The number of benzene rings is 4. The molecule has 5 rings (SSSR count). The van der Waals surface area contributed by atoms with Gasteiger partial charge in [0.2, 0.25) is 35.4 Å². The van der Waals surface area contributed by atoms with Crippen LogP contribution in [0.5, 0.6) is 5.75 Å². The van der Waals surface area contributed by atoms with Crippen molar-refractivity contribution >= 4 is 41.4 Å². The lowest BCUT2D eigenvalue weighted by molar-refractivity contribution is -0.142. The van der Waals surface area contributed by atoms with Crippen molar-refractivity contribution in [2.75, 3.05) is 33.2 Å². The quantitative estimate of drug-likeness (QED) is 0.0238. The molecule has 0 aromatic heterocycles. The minimum Gasteiger partial charge on any atom is -0.508 e. The molecule has 1 heterocycles. The maximum atomic E-state index is 14.6. The number of aromatic hydroxyl groups is 1. The third kappa shape index (κ3) is 18.3. The molecule has 6 amide bonds. The number of rotatable bonds is 27. The van der Waals surface area contributed by atoms with E-state index in [1.807, 2.05) is 42.5 Å². The molecule has 18 nitrogen and oxygen atoms in total. The number of primary amides is 1. The van der Waals surface area contributed by atoms with Crippen molar-refractivity contribution in [2.24, 2.45) is 33.8 Å². The van der Waals surface area contributed by atoms with Crippen molar-refractivity contribution in [1.29, 1.82) is 0 Å². The van der Waals surface area contributed by atoms with Gasteiger partial charge in [0.15, 0.2) is 5.96 Å². The second-order valence-electron chi connectivity index (χ2n) is 19.6. The standard InChI is InChI=1S/C56H77N11O7/c1-36-30-43(68)31-37(2)44(36)35-45(57)52(71)63-46(22-14-26-61-56(59)60)54(73)65-49(34-41-20-12-7-13-21-41)55(74)66(4)38(3)51(70)62-47(53(72)64-48(50(58)69)33-40-18-10-6-11-19-40)23-15-27-67-28-24-42(25-29-67)32-39-16-8-5-9-17-39/h5-13,16-21,30-31,38,42,45-49,68H,14-15,22-29,32-35,57H2,1-4H3,(H2,58,69)(H,62,70)(H,63,71)(H,64,72)(H,65,73)(H4,59,60,61)/t38-,45+,46-,47+,48+,49+/m1/s1. The first-order valence-corrected chi connectivity index (χ1v) is 25.6. The Kier molecular flexibility index (Phi) is 22.4. The fraction of sp³-hybridized carbons (Fsp3) is 0.446. The van der Waals surface area contributed by atoms with E-state index in [-0.39, 0.29) is 56.8 Å². The first kappa shape index (κ1) is 57.6. The molecule has 0 spiro atoms. The number of likely N-dealkylation sites (N-methyl/N-ethyl adjacent to an activating group) is 1. The predicted octanol–water partition coefficient (Wildman–Crippen LogP) is 2.42. The molecule has 0 aliphatic carbocycles. The van der Waals surface area contributed by atoms with Crippen molar-refractivity contribution in [2.45, 2.75) is 121 Å². The zero-order chi connectivity index (χ0) is 53.7. The average molecular weight is 1020 g/mol. The molecule has 1 aliphatic rings. The smallest absolute Gasteiger partial charge is 0.245 e. The summed E-state index contributed by atoms with van der Waals surface area (Å²) in [7, 11) is 1.44. The molecule has 13 N–H and O–H groups in total. The van der Waals surface area contributed by atoms with Crippen molar-refractivity contribution in [3.8, 4) is 5.75 Å². The summed E-state index contributed by atoms with van der Waals surface area (Å²) in [6.07, 6.45) is 4.58. The highest BCUT2D eigenvalue weighted by Crippen LogP contribution is 2.24. The molecule has 398 valence electrons. The van der Waals surface area contributed by atoms with Crippen LogP contribution < -0.4 is 44.2 Å². The average Bonchev–Trinajstić information content (AvgIpc) is 3.37. The van der Waals surface area contributed by atoms with Crippen molar-refractivity contribution < 1.29 is 33.9 Å². The van der Waals surface area contributed by atoms with E-state index in [1.165, 1.54) is 24.4 Å². The van der Waals surface area contributed by atoms with Gasteiger partial charge in [-0.3, -0.25) is 33.8 Å². The summed E-state index contributed by atoms with van der Waals surface area (Å²) in [5.41, 5.74) is 28.4. The van der Waals surface area contributed by atoms with Crippen LogP contribution in [-0.4, -0.2) is 126 Å². The summed E-state index contributed by atoms with van der Waals surface area (Å²) in [4.78, 5) is 91.3. The van der Waals surface area contributed by atoms with Gasteiger partial charge in [-0.2, -0.15) is 0 Å². The minimum absolute atomic E-state index is 0.0299. The summed E-state index contributed by atoms with van der Waals surface area (Å²) in [6, 6.07) is 25.1. The number of nitrogens with two attached hydrogens (primary N) is 4. The number of likely N-dealkylation sites (tertiary alicyclic amines) is 1. The summed E-state index contributed by atoms with van der Waals surface area (Å²) in [5.74, 6) is -3.32. The van der Waals surface area contributed by atoms with Crippen molar-refractivity contribution in [1.82, 2.24) is 31.1 Å². The number of hydrogen-bond acceptors (Lipinski definition) is 10. The lowest BCUT2D eigenvalue weighted by Crippen LogP contribution is -2.59. The Balaban J connectivity index is 1.30. The minimum atomic E-state index is -1.22. The van der Waals surface area contributed by atoms with Crippen LogP contribution in [0.15, 0.2) is 108 Å². The first-order chi connectivity index (χ1) is 35.4. The molecule has 1 saturated heterocycles. The third-order valence-corrected chi connectivity index (χ3v) is 13.8. The van der Waals surface area contributed by atoms with Gasteiger partial charge in [-0.15, -0.1) is 0 Å². The summed E-state index contributed by atoms with van der Waals surface area (Å²) >= 11 is 0. The fourth-order valence-corrected chi connectivity index (χ4v) is 9.38.